The highest BCUT2D eigenvalue weighted by Crippen LogP contribution is 2.45. The molecule has 0 unspecified atom stereocenters. The van der Waals surface area contributed by atoms with E-state index < -0.39 is 31.6 Å². The van der Waals surface area contributed by atoms with Gasteiger partial charge in [-0.15, -0.1) is 30.7 Å². The third kappa shape index (κ3) is 9.84. The van der Waals surface area contributed by atoms with Gasteiger partial charge in [-0.05, 0) is 93.8 Å². The largest absolute Gasteiger partial charge is 0.505 e. The van der Waals surface area contributed by atoms with E-state index in [1.165, 1.54) is 21.5 Å². The van der Waals surface area contributed by atoms with Crippen molar-refractivity contribution in [3.8, 4) is 22.1 Å². The Morgan fingerprint density at radius 3 is 1.85 bits per heavy atom. The number of aryl methyl sites for hydroxylation is 7. The molecule has 19 nitrogen and oxygen atoms in total. The molecule has 0 amide bonds. The highest BCUT2D eigenvalue weighted by Gasteiger charge is 2.32. The van der Waals surface area contributed by atoms with Crippen molar-refractivity contribution in [3.05, 3.63) is 128 Å². The summed E-state index contributed by atoms with van der Waals surface area (Å²) in [7, 11) is -2.79. The van der Waals surface area contributed by atoms with Crippen LogP contribution in [0.25, 0.3) is 25.9 Å². The van der Waals surface area contributed by atoms with Gasteiger partial charge < -0.3 is 15.3 Å². The first-order valence-electron chi connectivity index (χ1n) is 23.3. The van der Waals surface area contributed by atoms with Gasteiger partial charge in [0.25, 0.3) is 15.8 Å². The maximum absolute atomic E-state index is 12.5. The quantitative estimate of drug-likeness (QED) is 0.0622. The Bertz CT molecular complexity index is 3810. The summed E-state index contributed by atoms with van der Waals surface area (Å²) in [6.07, 6.45) is 0. The lowest BCUT2D eigenvalue weighted by Gasteiger charge is -2.25. The van der Waals surface area contributed by atoms with E-state index in [-0.39, 0.29) is 49.6 Å². The third-order valence-corrected chi connectivity index (χ3v) is 14.0. The smallest absolute Gasteiger partial charge is 0.295 e. The second-order valence-corrected chi connectivity index (χ2v) is 22.7. The fourth-order valence-electron chi connectivity index (χ4n) is 9.02. The predicted molar refractivity (Wildman–Crippen MR) is 288 cm³/mol. The molecular formula is C53H55N15O4S2. The molecule has 0 aliphatic rings. The lowest BCUT2D eigenvalue weighted by Crippen LogP contribution is -2.15. The van der Waals surface area contributed by atoms with Gasteiger partial charge in [-0.3, -0.25) is 4.55 Å². The fourth-order valence-corrected chi connectivity index (χ4v) is 10.5. The number of nitrogens with one attached hydrogen (secondary N) is 1. The van der Waals surface area contributed by atoms with E-state index in [4.69, 9.17) is 32.0 Å². The number of azo groups is 2. The number of fused-ring (bicyclic) bond motifs is 1. The molecule has 0 radical (unpaired) electrons. The lowest BCUT2D eigenvalue weighted by molar-refractivity contribution is 0.479. The maximum atomic E-state index is 12.5. The Balaban J connectivity index is 1.28. The van der Waals surface area contributed by atoms with E-state index >= 15 is 0 Å². The third-order valence-electron chi connectivity index (χ3n) is 12.2. The van der Waals surface area contributed by atoms with Crippen LogP contribution in [0.15, 0.2) is 86.0 Å². The van der Waals surface area contributed by atoms with E-state index in [1.54, 1.807) is 12.1 Å². The molecule has 0 spiro atoms. The van der Waals surface area contributed by atoms with Gasteiger partial charge in [-0.25, -0.2) is 9.83 Å². The van der Waals surface area contributed by atoms with Gasteiger partial charge in [0.1, 0.15) is 33.7 Å². The summed E-state index contributed by atoms with van der Waals surface area (Å²) < 4.78 is 37.8. The number of hydrogen-bond acceptors (Lipinski definition) is 16. The highest BCUT2D eigenvalue weighted by molar-refractivity contribution is 7.86. The summed E-state index contributed by atoms with van der Waals surface area (Å²) in [4.78, 5) is 10.5. The minimum absolute atomic E-state index is 0.00871. The van der Waals surface area contributed by atoms with Crippen molar-refractivity contribution in [2.24, 2.45) is 20.5 Å². The van der Waals surface area contributed by atoms with Crippen LogP contribution in [0.3, 0.4) is 0 Å². The van der Waals surface area contributed by atoms with Crippen LogP contribution in [-0.4, -0.2) is 59.9 Å². The van der Waals surface area contributed by atoms with Crippen molar-refractivity contribution in [3.63, 3.8) is 0 Å². The summed E-state index contributed by atoms with van der Waals surface area (Å²) in [6, 6.07) is 19.8. The number of rotatable bonds is 11. The van der Waals surface area contributed by atoms with Crippen LogP contribution >= 0.6 is 11.3 Å². The molecule has 0 fully saturated rings. The number of anilines is 4. The zero-order chi connectivity index (χ0) is 53.9. The van der Waals surface area contributed by atoms with Gasteiger partial charge in [0.05, 0.1) is 18.0 Å². The molecule has 4 aromatic heterocycles. The number of hydrogen-bond donors (Lipinski definition) is 3. The van der Waals surface area contributed by atoms with Crippen LogP contribution in [0, 0.1) is 66.4 Å². The Hall–Kier alpha value is -8.24. The van der Waals surface area contributed by atoms with Crippen molar-refractivity contribution in [1.29, 1.82) is 5.26 Å². The van der Waals surface area contributed by atoms with Gasteiger partial charge in [-0.1, -0.05) is 113 Å². The molecule has 0 atom stereocenters. The minimum atomic E-state index is -4.78. The standard InChI is InChI=1S/C53H55N15O4S2/c1-27-20-29(3)40(30(4)21-27)57-47-41(31(5)24-39(56-47)66(15)43-32(6)22-28(2)23-33(43)7)59-60-48-36(26-54)45(52(8,9)10)64-67(48)50-62-63-51(73-50)68-49(42(55-14)46(65-68)53(11,12)13)61-58-37-25-38(74(70,71)72)34-18-16-17-19-35(34)44(37)69/h16-25,69H,1-13,15H3,(H,56,57)(H,70,71,72). The number of pyridine rings is 1. The fraction of sp³-hybridized carbons (Fsp3) is 0.302. The first-order valence-corrected chi connectivity index (χ1v) is 25.6. The van der Waals surface area contributed by atoms with Crippen molar-refractivity contribution in [2.45, 2.75) is 106 Å². The molecule has 0 aliphatic heterocycles. The summed E-state index contributed by atoms with van der Waals surface area (Å²) in [6.45, 7) is 33.9. The van der Waals surface area contributed by atoms with Crippen LogP contribution in [0.5, 0.6) is 5.75 Å². The van der Waals surface area contributed by atoms with Crippen molar-refractivity contribution in [2.75, 3.05) is 17.3 Å². The van der Waals surface area contributed by atoms with Crippen molar-refractivity contribution in [1.82, 2.24) is 34.7 Å². The monoisotopic (exact) mass is 1030 g/mol. The van der Waals surface area contributed by atoms with Crippen LogP contribution < -0.4 is 10.2 Å². The summed E-state index contributed by atoms with van der Waals surface area (Å²) >= 11 is 0.998. The summed E-state index contributed by atoms with van der Waals surface area (Å²) in [5.41, 5.74) is 8.84. The van der Waals surface area contributed by atoms with Crippen LogP contribution in [-0.2, 0) is 20.9 Å². The molecule has 4 aromatic carbocycles. The van der Waals surface area contributed by atoms with Gasteiger partial charge >= 0.3 is 0 Å². The zero-order valence-electron chi connectivity index (χ0n) is 43.6. The topological polar surface area (TPSA) is 242 Å². The van der Waals surface area contributed by atoms with Gasteiger partial charge in [0.2, 0.25) is 10.3 Å². The Morgan fingerprint density at radius 2 is 1.30 bits per heavy atom. The number of phenols is 1. The van der Waals surface area contributed by atoms with E-state index in [9.17, 15) is 23.3 Å². The molecule has 8 rings (SSSR count). The first kappa shape index (κ1) is 52.1. The SMILES string of the molecule is [C-]#[N+]c1c(C(C)(C)C)nn(-c2nnc(-n3nc(C(C)(C)C)c(C#N)c3N=Nc3c(C)cc(N(C)c4c(C)cc(C)cc4C)nc3Nc3c(C)cc(C)cc3C)s2)c1N=Nc1cc(S(=O)(=O)O)c2ccccc2c1O. The molecule has 0 saturated heterocycles. The average molecular weight is 1030 g/mol. The van der Waals surface area contributed by atoms with E-state index in [0.717, 1.165) is 67.7 Å². The number of aromatic hydroxyl groups is 1. The molecule has 8 aromatic rings. The van der Waals surface area contributed by atoms with Crippen LogP contribution in [0.2, 0.25) is 0 Å². The number of benzene rings is 4. The molecule has 0 aliphatic carbocycles. The highest BCUT2D eigenvalue weighted by atomic mass is 32.2. The zero-order valence-corrected chi connectivity index (χ0v) is 45.2. The summed E-state index contributed by atoms with van der Waals surface area (Å²) in [5, 5.41) is 63.1. The van der Waals surface area contributed by atoms with Crippen LogP contribution in [0.1, 0.15) is 97.4 Å². The Kier molecular flexibility index (Phi) is 13.6. The van der Waals surface area contributed by atoms with Crippen molar-refractivity contribution < 1.29 is 18.1 Å². The van der Waals surface area contributed by atoms with Gasteiger partial charge in [0, 0.05) is 34.6 Å². The second-order valence-electron chi connectivity index (χ2n) is 20.3. The van der Waals surface area contributed by atoms with E-state index in [0.29, 0.717) is 28.7 Å². The molecule has 74 heavy (non-hydrogen) atoms. The predicted octanol–water partition coefficient (Wildman–Crippen LogP) is 13.9. The lowest BCUT2D eigenvalue weighted by atomic mass is 9.90. The Morgan fingerprint density at radius 1 is 0.757 bits per heavy atom. The molecule has 0 saturated carbocycles. The average Bonchev–Trinajstić information content (AvgIpc) is 4.04. The maximum Gasteiger partial charge on any atom is 0.295 e. The Labute approximate surface area is 433 Å². The molecule has 4 heterocycles. The normalized spacial score (nSPS) is 12.3. The molecule has 0 bridgehead atoms. The second kappa shape index (κ2) is 19.3. The van der Waals surface area contributed by atoms with Crippen LogP contribution in [0.4, 0.5) is 51.7 Å². The first-order chi connectivity index (χ1) is 34.7. The van der Waals surface area contributed by atoms with Gasteiger partial charge in [-0.2, -0.15) is 33.2 Å². The number of nitrogens with zero attached hydrogens (tertiary/aromatic N) is 14. The number of aromatic nitrogens is 7. The summed E-state index contributed by atoms with van der Waals surface area (Å²) in [5.74, 6) is 0.662. The number of nitriles is 1. The minimum Gasteiger partial charge on any atom is -0.505 e. The van der Waals surface area contributed by atoms with Gasteiger partial charge in [0.15, 0.2) is 23.2 Å². The van der Waals surface area contributed by atoms with Crippen molar-refractivity contribution >= 4 is 83.9 Å². The molecule has 21 heteroatoms. The molecule has 3 N–H and O–H groups in total. The molecular weight excluding hydrogens is 975 g/mol. The van der Waals surface area contributed by atoms with E-state index in [1.807, 2.05) is 75.4 Å². The number of phenolic OH excluding ortho intramolecular Hbond substituents is 1. The molecule has 378 valence electrons. The van der Waals surface area contributed by atoms with E-state index in [2.05, 4.69) is 93.5 Å².